The number of carbonyl (C=O) groups is 3. The number of likely N-dealkylation sites (tertiary alicyclic amines) is 1. The molecule has 3 aliphatic rings. The highest BCUT2D eigenvalue weighted by Gasteiger charge is 2.56. The van der Waals surface area contributed by atoms with Crippen LogP contribution >= 0.6 is 0 Å². The second-order valence-electron chi connectivity index (χ2n) is 8.33. The number of hydrogen-bond acceptors (Lipinski definition) is 4. The minimum Gasteiger partial charge on any atom is -0.368 e. The largest absolute Gasteiger partial charge is 0.368 e. The molecule has 3 fully saturated rings. The quantitative estimate of drug-likeness (QED) is 0.810. The topological polar surface area (TPSA) is 90.2 Å². The molecule has 1 atom stereocenters. The normalized spacial score (nSPS) is 24.7. The minimum absolute atomic E-state index is 0.0604. The maximum atomic E-state index is 12.8. The van der Waals surface area contributed by atoms with Crippen LogP contribution in [0.4, 0.5) is 16.2 Å². The maximum Gasteiger partial charge on any atom is 0.325 e. The van der Waals surface area contributed by atoms with Gasteiger partial charge in [0, 0.05) is 25.0 Å². The fourth-order valence-corrected chi connectivity index (χ4v) is 4.75. The van der Waals surface area contributed by atoms with E-state index in [1.54, 1.807) is 21.7 Å². The Morgan fingerprint density at radius 2 is 1.76 bits per heavy atom. The number of likely N-dealkylation sites (N-methyl/N-ethyl adjacent to an activating group) is 1. The zero-order valence-corrected chi connectivity index (χ0v) is 17.0. The van der Waals surface area contributed by atoms with Gasteiger partial charge in [0.05, 0.1) is 13.1 Å². The number of fused-ring (bicyclic) bond motifs is 1. The van der Waals surface area contributed by atoms with E-state index in [0.29, 0.717) is 25.2 Å². The molecule has 156 valence electrons. The number of carbonyl (C=O) groups excluding carboxylic acids is 3. The number of nitrogens with zero attached hydrogens (tertiary/aromatic N) is 4. The summed E-state index contributed by atoms with van der Waals surface area (Å²) in [6.07, 6.45) is 4.95. The van der Waals surface area contributed by atoms with Crippen LogP contribution in [0.5, 0.6) is 0 Å². The molecule has 8 nitrogen and oxygen atoms in total. The molecular weight excluding hydrogens is 370 g/mol. The van der Waals surface area contributed by atoms with Gasteiger partial charge in [0.25, 0.3) is 0 Å². The van der Waals surface area contributed by atoms with Gasteiger partial charge in [-0.1, -0.05) is 6.42 Å². The van der Waals surface area contributed by atoms with Crippen LogP contribution in [0.2, 0.25) is 0 Å². The van der Waals surface area contributed by atoms with Crippen LogP contribution in [-0.2, 0) is 9.59 Å². The van der Waals surface area contributed by atoms with Gasteiger partial charge in [0.1, 0.15) is 5.54 Å². The first-order valence-corrected chi connectivity index (χ1v) is 10.4. The van der Waals surface area contributed by atoms with Crippen LogP contribution < -0.4 is 15.5 Å². The number of urea groups is 1. The molecule has 0 aromatic heterocycles. The number of rotatable bonds is 5. The Morgan fingerprint density at radius 1 is 1.07 bits per heavy atom. The average molecular weight is 399 g/mol. The number of anilines is 2. The third-order valence-corrected chi connectivity index (χ3v) is 6.56. The molecule has 3 heterocycles. The zero-order valence-electron chi connectivity index (χ0n) is 17.0. The van der Waals surface area contributed by atoms with E-state index in [4.69, 9.17) is 5.73 Å². The van der Waals surface area contributed by atoms with Gasteiger partial charge < -0.3 is 15.5 Å². The molecule has 0 radical (unpaired) electrons. The third kappa shape index (κ3) is 3.46. The van der Waals surface area contributed by atoms with E-state index in [9.17, 15) is 14.4 Å². The number of primary amides is 1. The molecule has 1 aromatic rings. The van der Waals surface area contributed by atoms with E-state index in [0.717, 1.165) is 38.0 Å². The summed E-state index contributed by atoms with van der Waals surface area (Å²) in [7, 11) is 1.78. The van der Waals surface area contributed by atoms with Crippen molar-refractivity contribution in [3.05, 3.63) is 24.3 Å². The minimum atomic E-state index is -0.892. The van der Waals surface area contributed by atoms with Gasteiger partial charge in [0.2, 0.25) is 11.8 Å². The first-order valence-electron chi connectivity index (χ1n) is 10.4. The van der Waals surface area contributed by atoms with Crippen LogP contribution in [-0.4, -0.2) is 73.0 Å². The number of piperidine rings is 1. The lowest BCUT2D eigenvalue weighted by molar-refractivity contribution is -0.125. The molecular formula is C21H29N5O3. The Kier molecular flexibility index (Phi) is 5.21. The average Bonchev–Trinajstić information content (AvgIpc) is 3.28. The Morgan fingerprint density at radius 3 is 2.38 bits per heavy atom. The molecule has 8 heteroatoms. The van der Waals surface area contributed by atoms with Gasteiger partial charge in [-0.25, -0.2) is 4.79 Å². The van der Waals surface area contributed by atoms with Gasteiger partial charge >= 0.3 is 6.03 Å². The van der Waals surface area contributed by atoms with Crippen molar-refractivity contribution in [2.45, 2.75) is 37.6 Å². The van der Waals surface area contributed by atoms with Crippen molar-refractivity contribution in [3.8, 4) is 0 Å². The second kappa shape index (κ2) is 7.67. The van der Waals surface area contributed by atoms with Crippen molar-refractivity contribution in [2.24, 2.45) is 5.73 Å². The smallest absolute Gasteiger partial charge is 0.325 e. The van der Waals surface area contributed by atoms with Crippen LogP contribution in [0.15, 0.2) is 24.3 Å². The van der Waals surface area contributed by atoms with E-state index < -0.39 is 11.4 Å². The Labute approximate surface area is 171 Å². The van der Waals surface area contributed by atoms with E-state index in [2.05, 4.69) is 4.90 Å². The van der Waals surface area contributed by atoms with E-state index in [1.807, 2.05) is 24.3 Å². The maximum absolute atomic E-state index is 12.8. The van der Waals surface area contributed by atoms with Crippen molar-refractivity contribution in [2.75, 3.05) is 49.6 Å². The summed E-state index contributed by atoms with van der Waals surface area (Å²) in [6.45, 7) is 3.23. The van der Waals surface area contributed by atoms with E-state index in [1.165, 1.54) is 6.42 Å². The van der Waals surface area contributed by atoms with Crippen LogP contribution in [0.25, 0.3) is 0 Å². The van der Waals surface area contributed by atoms with Crippen molar-refractivity contribution in [1.82, 2.24) is 9.80 Å². The van der Waals surface area contributed by atoms with Gasteiger partial charge in [-0.2, -0.15) is 0 Å². The Bertz CT molecular complexity index is 805. The molecule has 4 amide bonds. The highest BCUT2D eigenvalue weighted by Crippen LogP contribution is 2.38. The van der Waals surface area contributed by atoms with Crippen LogP contribution in [0.3, 0.4) is 0 Å². The van der Waals surface area contributed by atoms with E-state index >= 15 is 0 Å². The number of amides is 4. The fourth-order valence-electron chi connectivity index (χ4n) is 4.75. The Balaban J connectivity index is 1.44. The lowest BCUT2D eigenvalue weighted by Gasteiger charge is -2.28. The summed E-state index contributed by atoms with van der Waals surface area (Å²) < 4.78 is 0. The highest BCUT2D eigenvalue weighted by molar-refractivity contribution is 6.03. The summed E-state index contributed by atoms with van der Waals surface area (Å²) in [6, 6.07) is 7.17. The molecule has 3 aliphatic heterocycles. The van der Waals surface area contributed by atoms with E-state index in [-0.39, 0.29) is 18.5 Å². The van der Waals surface area contributed by atoms with Crippen molar-refractivity contribution < 1.29 is 14.4 Å². The monoisotopic (exact) mass is 399 g/mol. The molecule has 0 aliphatic carbocycles. The van der Waals surface area contributed by atoms with Crippen molar-refractivity contribution in [3.63, 3.8) is 0 Å². The number of hydrogen-bond donors (Lipinski definition) is 1. The summed E-state index contributed by atoms with van der Waals surface area (Å²) >= 11 is 0. The predicted octanol–water partition coefficient (Wildman–Crippen LogP) is 1.40. The summed E-state index contributed by atoms with van der Waals surface area (Å²) in [4.78, 5) is 44.6. The number of nitrogens with two attached hydrogens (primary N) is 1. The predicted molar refractivity (Wildman–Crippen MR) is 111 cm³/mol. The first-order chi connectivity index (χ1) is 13.9. The second-order valence-corrected chi connectivity index (χ2v) is 8.33. The van der Waals surface area contributed by atoms with Gasteiger partial charge in [-0.15, -0.1) is 0 Å². The SMILES string of the molecule is CN(C(=O)CN1CCCCC1)c1ccc(N2C[C@@]3(C(N)=O)CCCN3C2=O)cc1. The Hall–Kier alpha value is -2.61. The van der Waals surface area contributed by atoms with Gasteiger partial charge in [0.15, 0.2) is 0 Å². The highest BCUT2D eigenvalue weighted by atomic mass is 16.2. The molecule has 29 heavy (non-hydrogen) atoms. The molecule has 0 bridgehead atoms. The van der Waals surface area contributed by atoms with Crippen molar-refractivity contribution in [1.29, 1.82) is 0 Å². The summed E-state index contributed by atoms with van der Waals surface area (Å²) in [5.41, 5.74) is 6.25. The number of benzene rings is 1. The zero-order chi connectivity index (χ0) is 20.6. The van der Waals surface area contributed by atoms with Gasteiger partial charge in [-0.05, 0) is 63.0 Å². The third-order valence-electron chi connectivity index (χ3n) is 6.56. The molecule has 2 N–H and O–H groups in total. The molecule has 0 unspecified atom stereocenters. The fraction of sp³-hybridized carbons (Fsp3) is 0.571. The van der Waals surface area contributed by atoms with Crippen molar-refractivity contribution >= 4 is 29.2 Å². The first kappa shape index (κ1) is 19.7. The lowest BCUT2D eigenvalue weighted by Crippen LogP contribution is -2.52. The lowest BCUT2D eigenvalue weighted by atomic mass is 9.96. The molecule has 4 rings (SSSR count). The van der Waals surface area contributed by atoms with Gasteiger partial charge in [-0.3, -0.25) is 19.4 Å². The summed E-state index contributed by atoms with van der Waals surface area (Å²) in [5, 5.41) is 0. The van der Waals surface area contributed by atoms with Crippen LogP contribution in [0.1, 0.15) is 32.1 Å². The molecule has 0 spiro atoms. The standard InChI is InChI=1S/C21H29N5O3/c1-23(18(27)14-24-11-3-2-4-12-24)16-6-8-17(9-7-16)25-15-21(19(22)28)10-5-13-26(21)20(25)29/h6-9H,2-5,10-15H2,1H3,(H2,22,28)/t21-/m1/s1. The molecule has 0 saturated carbocycles. The molecule has 3 saturated heterocycles. The summed E-state index contributed by atoms with van der Waals surface area (Å²) in [5.74, 6) is -0.379. The molecule has 1 aromatic carbocycles. The van der Waals surface area contributed by atoms with Crippen LogP contribution in [0, 0.1) is 0 Å².